The number of rotatable bonds is 2. The van der Waals surface area contributed by atoms with Gasteiger partial charge in [0.05, 0.1) is 0 Å². The molecule has 4 unspecified atom stereocenters. The van der Waals surface area contributed by atoms with E-state index in [1.54, 1.807) is 0 Å². The molecule has 82 valence electrons. The first kappa shape index (κ1) is 10.5. The summed E-state index contributed by atoms with van der Waals surface area (Å²) >= 11 is 0. The highest BCUT2D eigenvalue weighted by Crippen LogP contribution is 2.45. The van der Waals surface area contributed by atoms with Gasteiger partial charge >= 0.3 is 0 Å². The molecule has 1 heteroatoms. The van der Waals surface area contributed by atoms with Crippen LogP contribution in [0, 0.1) is 23.7 Å². The van der Waals surface area contributed by atoms with Crippen molar-refractivity contribution in [2.45, 2.75) is 51.9 Å². The zero-order valence-corrected chi connectivity index (χ0v) is 9.41. The Morgan fingerprint density at radius 2 is 1.57 bits per heavy atom. The predicted octanol–water partition coefficient (Wildman–Crippen LogP) is 3.22. The molecule has 2 aliphatic rings. The van der Waals surface area contributed by atoms with E-state index in [0.717, 1.165) is 17.8 Å². The summed E-state index contributed by atoms with van der Waals surface area (Å²) in [5, 5.41) is 9.20. The second-order valence-electron chi connectivity index (χ2n) is 5.47. The molecule has 2 rings (SSSR count). The number of aliphatic hydroxyl groups excluding tert-OH is 1. The number of aliphatic hydroxyl groups is 1. The van der Waals surface area contributed by atoms with Crippen molar-refractivity contribution in [3.63, 3.8) is 0 Å². The fourth-order valence-corrected chi connectivity index (χ4v) is 3.63. The van der Waals surface area contributed by atoms with Crippen LogP contribution in [0.4, 0.5) is 0 Å². The summed E-state index contributed by atoms with van der Waals surface area (Å²) in [6.45, 7) is 2.76. The zero-order chi connectivity index (χ0) is 9.97. The lowest BCUT2D eigenvalue weighted by Gasteiger charge is -2.41. The van der Waals surface area contributed by atoms with Gasteiger partial charge in [-0.2, -0.15) is 0 Å². The molecule has 1 nitrogen and oxygen atoms in total. The lowest BCUT2D eigenvalue weighted by molar-refractivity contribution is 0.0705. The summed E-state index contributed by atoms with van der Waals surface area (Å²) < 4.78 is 0. The molecule has 0 aliphatic heterocycles. The van der Waals surface area contributed by atoms with Crippen LogP contribution in [0.2, 0.25) is 0 Å². The third kappa shape index (κ3) is 2.13. The van der Waals surface area contributed by atoms with E-state index >= 15 is 0 Å². The first-order chi connectivity index (χ1) is 6.83. The van der Waals surface area contributed by atoms with Gasteiger partial charge in [-0.15, -0.1) is 0 Å². The summed E-state index contributed by atoms with van der Waals surface area (Å²) in [5.41, 5.74) is 0. The van der Waals surface area contributed by atoms with Gasteiger partial charge in [-0.05, 0) is 55.8 Å². The summed E-state index contributed by atoms with van der Waals surface area (Å²) in [4.78, 5) is 0. The molecule has 0 radical (unpaired) electrons. The molecule has 0 bridgehead atoms. The molecule has 14 heavy (non-hydrogen) atoms. The summed E-state index contributed by atoms with van der Waals surface area (Å²) in [5.74, 6) is 3.60. The Morgan fingerprint density at radius 3 is 2.21 bits per heavy atom. The predicted molar refractivity (Wildman–Crippen MR) is 59.0 cm³/mol. The Balaban J connectivity index is 1.90. The Labute approximate surface area is 87.9 Å². The number of fused-ring (bicyclic) bond motifs is 1. The summed E-state index contributed by atoms with van der Waals surface area (Å²) in [7, 11) is 0. The maximum absolute atomic E-state index is 9.20. The first-order valence-corrected chi connectivity index (χ1v) is 6.44. The van der Waals surface area contributed by atoms with Crippen LogP contribution in [0.3, 0.4) is 0 Å². The van der Waals surface area contributed by atoms with Crippen LogP contribution in [0.25, 0.3) is 0 Å². The van der Waals surface area contributed by atoms with Crippen molar-refractivity contribution in [3.8, 4) is 0 Å². The molecule has 0 aromatic heterocycles. The van der Waals surface area contributed by atoms with Gasteiger partial charge in [-0.3, -0.25) is 0 Å². The minimum atomic E-state index is 0.431. The fourth-order valence-electron chi connectivity index (χ4n) is 3.63. The second kappa shape index (κ2) is 4.65. The Hall–Kier alpha value is -0.0400. The van der Waals surface area contributed by atoms with Gasteiger partial charge in [-0.1, -0.05) is 19.8 Å². The van der Waals surface area contributed by atoms with E-state index in [2.05, 4.69) is 6.92 Å². The molecule has 0 amide bonds. The van der Waals surface area contributed by atoms with E-state index in [1.165, 1.54) is 44.9 Å². The first-order valence-electron chi connectivity index (χ1n) is 6.44. The Morgan fingerprint density at radius 1 is 0.929 bits per heavy atom. The van der Waals surface area contributed by atoms with Gasteiger partial charge in [0.15, 0.2) is 0 Å². The van der Waals surface area contributed by atoms with Crippen LogP contribution >= 0.6 is 0 Å². The molecule has 0 saturated heterocycles. The SMILES string of the molecule is CCC1CCC2CCC(CO)CC2C1. The maximum Gasteiger partial charge on any atom is 0.0459 e. The second-order valence-corrected chi connectivity index (χ2v) is 5.47. The molecular weight excluding hydrogens is 172 g/mol. The van der Waals surface area contributed by atoms with E-state index in [-0.39, 0.29) is 0 Å². The molecule has 0 heterocycles. The van der Waals surface area contributed by atoms with Crippen molar-refractivity contribution in [1.29, 1.82) is 0 Å². The van der Waals surface area contributed by atoms with Crippen LogP contribution in [-0.2, 0) is 0 Å². The number of hydrogen-bond acceptors (Lipinski definition) is 1. The Bertz CT molecular complexity index is 160. The molecule has 0 aromatic rings. The molecular formula is C13H24O. The molecule has 0 aromatic carbocycles. The maximum atomic E-state index is 9.20. The van der Waals surface area contributed by atoms with E-state index < -0.39 is 0 Å². The van der Waals surface area contributed by atoms with Crippen molar-refractivity contribution < 1.29 is 5.11 Å². The number of hydrogen-bond donors (Lipinski definition) is 1. The van der Waals surface area contributed by atoms with Crippen LogP contribution in [0.15, 0.2) is 0 Å². The van der Waals surface area contributed by atoms with E-state index in [1.807, 2.05) is 0 Å². The van der Waals surface area contributed by atoms with Crippen LogP contribution < -0.4 is 0 Å². The average molecular weight is 196 g/mol. The normalized spacial score (nSPS) is 43.3. The molecule has 0 spiro atoms. The van der Waals surface area contributed by atoms with E-state index in [9.17, 15) is 5.11 Å². The Kier molecular flexibility index (Phi) is 3.48. The smallest absolute Gasteiger partial charge is 0.0459 e. The van der Waals surface area contributed by atoms with Gasteiger partial charge in [-0.25, -0.2) is 0 Å². The third-order valence-electron chi connectivity index (χ3n) is 4.67. The average Bonchev–Trinajstić information content (AvgIpc) is 2.27. The van der Waals surface area contributed by atoms with Gasteiger partial charge in [0.2, 0.25) is 0 Å². The topological polar surface area (TPSA) is 20.2 Å². The lowest BCUT2D eigenvalue weighted by Crippen LogP contribution is -2.32. The quantitative estimate of drug-likeness (QED) is 0.719. The minimum Gasteiger partial charge on any atom is -0.396 e. The van der Waals surface area contributed by atoms with E-state index in [4.69, 9.17) is 0 Å². The van der Waals surface area contributed by atoms with Crippen LogP contribution in [-0.4, -0.2) is 11.7 Å². The van der Waals surface area contributed by atoms with Crippen molar-refractivity contribution >= 4 is 0 Å². The monoisotopic (exact) mass is 196 g/mol. The summed E-state index contributed by atoms with van der Waals surface area (Å²) in [6, 6.07) is 0. The summed E-state index contributed by atoms with van der Waals surface area (Å²) in [6.07, 6.45) is 9.77. The van der Waals surface area contributed by atoms with Gasteiger partial charge < -0.3 is 5.11 Å². The van der Waals surface area contributed by atoms with Crippen LogP contribution in [0.1, 0.15) is 51.9 Å². The van der Waals surface area contributed by atoms with Gasteiger partial charge in [0, 0.05) is 6.61 Å². The van der Waals surface area contributed by atoms with Gasteiger partial charge in [0.25, 0.3) is 0 Å². The van der Waals surface area contributed by atoms with E-state index in [0.29, 0.717) is 12.5 Å². The molecule has 2 saturated carbocycles. The van der Waals surface area contributed by atoms with Crippen molar-refractivity contribution in [3.05, 3.63) is 0 Å². The highest BCUT2D eigenvalue weighted by atomic mass is 16.3. The van der Waals surface area contributed by atoms with Gasteiger partial charge in [0.1, 0.15) is 0 Å². The molecule has 2 fully saturated rings. The van der Waals surface area contributed by atoms with Crippen molar-refractivity contribution in [1.82, 2.24) is 0 Å². The van der Waals surface area contributed by atoms with Crippen LogP contribution in [0.5, 0.6) is 0 Å². The highest BCUT2D eigenvalue weighted by molar-refractivity contribution is 4.85. The zero-order valence-electron chi connectivity index (χ0n) is 9.41. The minimum absolute atomic E-state index is 0.431. The lowest BCUT2D eigenvalue weighted by atomic mass is 9.64. The van der Waals surface area contributed by atoms with Crippen molar-refractivity contribution in [2.24, 2.45) is 23.7 Å². The molecule has 1 N–H and O–H groups in total. The largest absolute Gasteiger partial charge is 0.396 e. The standard InChI is InChI=1S/C13H24O/c1-2-10-3-5-12-6-4-11(9-14)8-13(12)7-10/h10-14H,2-9H2,1H3. The third-order valence-corrected chi connectivity index (χ3v) is 4.67. The molecule has 2 aliphatic carbocycles. The fraction of sp³-hybridized carbons (Fsp3) is 1.00. The highest BCUT2D eigenvalue weighted by Gasteiger charge is 2.34. The van der Waals surface area contributed by atoms with Crippen molar-refractivity contribution in [2.75, 3.05) is 6.61 Å². The molecule has 4 atom stereocenters.